The van der Waals surface area contributed by atoms with Crippen LogP contribution in [0.3, 0.4) is 0 Å². The maximum atomic E-state index is 12.5. The summed E-state index contributed by atoms with van der Waals surface area (Å²) in [6.45, 7) is 3.96. The van der Waals surface area contributed by atoms with Crippen molar-refractivity contribution in [3.63, 3.8) is 0 Å². The molecule has 0 radical (unpaired) electrons. The van der Waals surface area contributed by atoms with Crippen LogP contribution in [-0.2, 0) is 6.54 Å². The summed E-state index contributed by atoms with van der Waals surface area (Å²) in [4.78, 5) is 30.2. The highest BCUT2D eigenvalue weighted by Crippen LogP contribution is 2.37. The summed E-state index contributed by atoms with van der Waals surface area (Å²) in [6, 6.07) is 22.6. The maximum absolute atomic E-state index is 12.5. The Morgan fingerprint density at radius 3 is 2.69 bits per heavy atom. The molecule has 7 rings (SSSR count). The van der Waals surface area contributed by atoms with Crippen molar-refractivity contribution >= 4 is 49.9 Å². The molecule has 194 valence electrons. The van der Waals surface area contributed by atoms with Crippen molar-refractivity contribution in [3.05, 3.63) is 96.8 Å². The number of carbonyl (C=O) groups excluding carboxylic acids is 1. The van der Waals surface area contributed by atoms with Crippen molar-refractivity contribution in [1.82, 2.24) is 24.8 Å². The molecule has 0 aliphatic carbocycles. The summed E-state index contributed by atoms with van der Waals surface area (Å²) in [5.74, 6) is 1.19. The van der Waals surface area contributed by atoms with Crippen LogP contribution in [0.5, 0.6) is 0 Å². The molecule has 6 aromatic rings. The predicted octanol–water partition coefficient (Wildman–Crippen LogP) is 6.13. The molecule has 4 aromatic heterocycles. The Morgan fingerprint density at radius 2 is 1.87 bits per heavy atom. The van der Waals surface area contributed by atoms with Crippen molar-refractivity contribution in [2.75, 3.05) is 31.5 Å². The van der Waals surface area contributed by atoms with Gasteiger partial charge in [-0.1, -0.05) is 24.3 Å². The van der Waals surface area contributed by atoms with Crippen molar-refractivity contribution in [3.8, 4) is 10.4 Å². The van der Waals surface area contributed by atoms with Gasteiger partial charge < -0.3 is 19.6 Å². The molecule has 9 heteroatoms. The number of hydrogen-bond acceptors (Lipinski definition) is 7. The number of nitrogens with zero attached hydrogens (tertiary/aromatic N) is 4. The molecule has 1 aliphatic rings. The van der Waals surface area contributed by atoms with Crippen molar-refractivity contribution in [2.45, 2.75) is 6.54 Å². The second-order valence-electron chi connectivity index (χ2n) is 9.69. The lowest BCUT2D eigenvalue weighted by atomic mass is 10.1. The minimum absolute atomic E-state index is 0.0304. The van der Waals surface area contributed by atoms with Crippen LogP contribution in [0.4, 0.5) is 11.5 Å². The molecule has 2 N–H and O–H groups in total. The maximum Gasteiger partial charge on any atom is 0.289 e. The van der Waals surface area contributed by atoms with Gasteiger partial charge in [0.25, 0.3) is 5.91 Å². The zero-order valence-corrected chi connectivity index (χ0v) is 21.9. The molecule has 1 saturated heterocycles. The van der Waals surface area contributed by atoms with Gasteiger partial charge in [-0.2, -0.15) is 0 Å². The number of carbonyl (C=O) groups is 1. The molecular weight excluding hydrogens is 508 g/mol. The first-order valence-electron chi connectivity index (χ1n) is 12.9. The molecule has 0 atom stereocenters. The van der Waals surface area contributed by atoms with E-state index < -0.39 is 0 Å². The normalized spacial score (nSPS) is 14.3. The lowest BCUT2D eigenvalue weighted by Gasteiger charge is -2.34. The predicted molar refractivity (Wildman–Crippen MR) is 154 cm³/mol. The van der Waals surface area contributed by atoms with E-state index in [1.54, 1.807) is 36.1 Å². The zero-order valence-electron chi connectivity index (χ0n) is 21.1. The number of furan rings is 1. The highest BCUT2D eigenvalue weighted by atomic mass is 32.1. The summed E-state index contributed by atoms with van der Waals surface area (Å²) in [7, 11) is 0. The van der Waals surface area contributed by atoms with E-state index >= 15 is 0 Å². The molecule has 8 nitrogen and oxygen atoms in total. The largest absolute Gasteiger partial charge is 0.459 e. The first kappa shape index (κ1) is 23.6. The number of anilines is 2. The van der Waals surface area contributed by atoms with Gasteiger partial charge in [-0.3, -0.25) is 9.69 Å². The van der Waals surface area contributed by atoms with Gasteiger partial charge in [0.05, 0.1) is 16.5 Å². The number of aromatic amines is 1. The lowest BCUT2D eigenvalue weighted by Crippen LogP contribution is -2.48. The first-order valence-corrected chi connectivity index (χ1v) is 13.7. The Morgan fingerprint density at radius 1 is 1.00 bits per heavy atom. The smallest absolute Gasteiger partial charge is 0.289 e. The van der Waals surface area contributed by atoms with Crippen molar-refractivity contribution in [1.29, 1.82) is 0 Å². The number of fused-ring (bicyclic) bond motifs is 2. The number of aromatic nitrogens is 3. The Bertz CT molecular complexity index is 1750. The molecule has 5 heterocycles. The molecule has 1 aliphatic heterocycles. The topological polar surface area (TPSA) is 90.3 Å². The Kier molecular flexibility index (Phi) is 6.07. The van der Waals surface area contributed by atoms with E-state index in [1.807, 2.05) is 11.1 Å². The highest BCUT2D eigenvalue weighted by Gasteiger charge is 2.23. The summed E-state index contributed by atoms with van der Waals surface area (Å²) < 4.78 is 6.30. The monoisotopic (exact) mass is 534 g/mol. The zero-order chi connectivity index (χ0) is 26.2. The first-order chi connectivity index (χ1) is 19.2. The van der Waals surface area contributed by atoms with Crippen LogP contribution >= 0.6 is 11.3 Å². The van der Waals surface area contributed by atoms with E-state index in [9.17, 15) is 4.79 Å². The second-order valence-corrected chi connectivity index (χ2v) is 10.7. The SMILES string of the molecule is O=C(c1ccco1)N1CCN(Cc2ccc(-c3cc4ncnc(Nc5ccc6[nH]ccc6c5)c4s3)cc2)CC1. The van der Waals surface area contributed by atoms with E-state index in [1.165, 1.54) is 5.56 Å². The fraction of sp³-hybridized carbons (Fsp3) is 0.167. The minimum Gasteiger partial charge on any atom is -0.459 e. The molecule has 39 heavy (non-hydrogen) atoms. The number of nitrogens with one attached hydrogen (secondary N) is 2. The molecule has 1 amide bonds. The van der Waals surface area contributed by atoms with Gasteiger partial charge in [-0.15, -0.1) is 11.3 Å². The highest BCUT2D eigenvalue weighted by molar-refractivity contribution is 7.22. The number of piperazine rings is 1. The van der Waals surface area contributed by atoms with E-state index in [2.05, 4.69) is 79.8 Å². The fourth-order valence-electron chi connectivity index (χ4n) is 5.05. The average Bonchev–Trinajstić information content (AvgIpc) is 3.75. The average molecular weight is 535 g/mol. The number of benzene rings is 2. The van der Waals surface area contributed by atoms with E-state index in [4.69, 9.17) is 4.42 Å². The third kappa shape index (κ3) is 4.78. The quantitative estimate of drug-likeness (QED) is 0.267. The van der Waals surface area contributed by atoms with Gasteiger partial charge in [0, 0.05) is 60.4 Å². The van der Waals surface area contributed by atoms with Gasteiger partial charge in [0.1, 0.15) is 6.33 Å². The van der Waals surface area contributed by atoms with Crippen molar-refractivity contribution in [2.24, 2.45) is 0 Å². The van der Waals surface area contributed by atoms with Crippen LogP contribution in [0.25, 0.3) is 31.6 Å². The van der Waals surface area contributed by atoms with Crippen molar-refractivity contribution < 1.29 is 9.21 Å². The number of hydrogen-bond donors (Lipinski definition) is 2. The van der Waals surface area contributed by atoms with E-state index in [0.717, 1.165) is 62.7 Å². The van der Waals surface area contributed by atoms with Gasteiger partial charge in [-0.25, -0.2) is 9.97 Å². The van der Waals surface area contributed by atoms with E-state index in [0.29, 0.717) is 18.8 Å². The molecule has 2 aromatic carbocycles. The lowest BCUT2D eigenvalue weighted by molar-refractivity contribution is 0.0598. The molecule has 0 saturated carbocycles. The van der Waals surface area contributed by atoms with Gasteiger partial charge >= 0.3 is 0 Å². The number of amides is 1. The fourth-order valence-corrected chi connectivity index (χ4v) is 6.11. The number of H-pyrrole nitrogens is 1. The Hall–Kier alpha value is -4.47. The van der Waals surface area contributed by atoms with Crippen LogP contribution in [0, 0.1) is 0 Å². The molecule has 0 unspecified atom stereocenters. The van der Waals surface area contributed by atoms with Crippen LogP contribution in [-0.4, -0.2) is 56.8 Å². The Balaban J connectivity index is 1.02. The second kappa shape index (κ2) is 10.0. The summed E-state index contributed by atoms with van der Waals surface area (Å²) in [5.41, 5.74) is 5.45. The number of rotatable bonds is 6. The Labute approximate surface area is 228 Å². The minimum atomic E-state index is -0.0304. The molecule has 0 bridgehead atoms. The molecule has 0 spiro atoms. The van der Waals surface area contributed by atoms with Crippen LogP contribution in [0.1, 0.15) is 16.1 Å². The standard InChI is InChI=1S/C30H26N6O2S/c37-30(26-2-1-15-38-26)36-13-11-35(12-14-36)18-20-3-5-21(6-4-20)27-17-25-28(39-27)29(33-19-32-25)34-23-7-8-24-22(16-23)9-10-31-24/h1-10,15-17,19,31H,11-14,18H2,(H,32,33,34). The van der Waals surface area contributed by atoms with Crippen LogP contribution in [0.15, 0.2) is 89.9 Å². The van der Waals surface area contributed by atoms with Gasteiger partial charge in [-0.05, 0) is 53.6 Å². The van der Waals surface area contributed by atoms with Crippen LogP contribution in [0.2, 0.25) is 0 Å². The molecular formula is C30H26N6O2S. The van der Waals surface area contributed by atoms with Gasteiger partial charge in [0.2, 0.25) is 0 Å². The summed E-state index contributed by atoms with van der Waals surface area (Å²) >= 11 is 1.70. The van der Waals surface area contributed by atoms with E-state index in [-0.39, 0.29) is 5.91 Å². The number of thiophene rings is 1. The van der Waals surface area contributed by atoms with Crippen LogP contribution < -0.4 is 5.32 Å². The summed E-state index contributed by atoms with van der Waals surface area (Å²) in [6.07, 6.45) is 5.10. The third-order valence-corrected chi connectivity index (χ3v) is 8.34. The third-order valence-electron chi connectivity index (χ3n) is 7.16. The molecule has 1 fully saturated rings. The summed E-state index contributed by atoms with van der Waals surface area (Å²) in [5, 5.41) is 4.63. The van der Waals surface area contributed by atoms with Gasteiger partial charge in [0.15, 0.2) is 11.6 Å².